The number of halogens is 4. The van der Waals surface area contributed by atoms with Crippen molar-refractivity contribution < 1.29 is 31.8 Å². The van der Waals surface area contributed by atoms with Gasteiger partial charge in [-0.05, 0) is 29.8 Å². The summed E-state index contributed by atoms with van der Waals surface area (Å²) in [6.07, 6.45) is -4.78. The molecule has 2 aromatic carbocycles. The molecule has 1 amide bonds. The van der Waals surface area contributed by atoms with Crippen LogP contribution in [0, 0.1) is 11.2 Å². The van der Waals surface area contributed by atoms with Crippen molar-refractivity contribution in [1.29, 1.82) is 0 Å². The van der Waals surface area contributed by atoms with Crippen LogP contribution in [0.4, 0.5) is 23.2 Å². The molecule has 2 saturated heterocycles. The fraction of sp³-hybridized carbons (Fsp3) is 0.381. The van der Waals surface area contributed by atoms with Gasteiger partial charge in [0, 0.05) is 31.6 Å². The van der Waals surface area contributed by atoms with Crippen LogP contribution in [0.2, 0.25) is 0 Å². The second kappa shape index (κ2) is 7.79. The summed E-state index contributed by atoms with van der Waals surface area (Å²) in [5.41, 5.74) is 0.670. The standard InChI is InChI=1S/C21H20F4N2O3/c22-17-6-1-2-7-18(17)27-12-20(13-27)11-26(19(28)10-29-14-20)9-15-4-3-5-16(8-15)30-21(23,24)25/h1-8H,9-14H2. The number of ether oxygens (including phenoxy) is 2. The summed E-state index contributed by atoms with van der Waals surface area (Å²) in [6.45, 7) is 1.82. The lowest BCUT2D eigenvalue weighted by Gasteiger charge is -2.51. The molecule has 0 N–H and O–H groups in total. The van der Waals surface area contributed by atoms with E-state index in [1.165, 1.54) is 24.3 Å². The Labute approximate surface area is 170 Å². The maximum Gasteiger partial charge on any atom is 0.573 e. The van der Waals surface area contributed by atoms with Crippen molar-refractivity contribution in [2.24, 2.45) is 5.41 Å². The highest BCUT2D eigenvalue weighted by atomic mass is 19.4. The zero-order chi connectivity index (χ0) is 21.4. The first-order valence-electron chi connectivity index (χ1n) is 9.43. The van der Waals surface area contributed by atoms with E-state index in [1.54, 1.807) is 29.2 Å². The number of nitrogens with zero attached hydrogens (tertiary/aromatic N) is 2. The largest absolute Gasteiger partial charge is 0.573 e. The smallest absolute Gasteiger partial charge is 0.406 e. The molecule has 0 radical (unpaired) electrons. The second-order valence-electron chi connectivity index (χ2n) is 7.75. The van der Waals surface area contributed by atoms with Gasteiger partial charge in [-0.15, -0.1) is 13.2 Å². The fourth-order valence-corrected chi connectivity index (χ4v) is 4.02. The van der Waals surface area contributed by atoms with Crippen LogP contribution in [0.5, 0.6) is 5.75 Å². The molecular weight excluding hydrogens is 404 g/mol. The maximum absolute atomic E-state index is 14.0. The molecule has 0 atom stereocenters. The van der Waals surface area contributed by atoms with E-state index in [2.05, 4.69) is 4.74 Å². The Kier molecular flexibility index (Phi) is 5.31. The number of carbonyl (C=O) groups excluding carboxylic acids is 1. The van der Waals surface area contributed by atoms with Crippen molar-refractivity contribution in [3.8, 4) is 5.75 Å². The van der Waals surface area contributed by atoms with Crippen molar-refractivity contribution in [3.05, 3.63) is 59.9 Å². The predicted molar refractivity (Wildman–Crippen MR) is 100 cm³/mol. The Morgan fingerprint density at radius 3 is 2.57 bits per heavy atom. The molecule has 2 heterocycles. The topological polar surface area (TPSA) is 42.0 Å². The van der Waals surface area contributed by atoms with Crippen LogP contribution in [0.3, 0.4) is 0 Å². The van der Waals surface area contributed by atoms with Crippen molar-refractivity contribution >= 4 is 11.6 Å². The molecule has 0 bridgehead atoms. The van der Waals surface area contributed by atoms with Gasteiger partial charge in [-0.2, -0.15) is 0 Å². The number of hydrogen-bond acceptors (Lipinski definition) is 4. The molecule has 0 aromatic heterocycles. The third-order valence-electron chi connectivity index (χ3n) is 5.26. The van der Waals surface area contributed by atoms with Crippen molar-refractivity contribution in [2.75, 3.05) is 37.7 Å². The Balaban J connectivity index is 1.46. The molecule has 5 nitrogen and oxygen atoms in total. The van der Waals surface area contributed by atoms with Crippen LogP contribution >= 0.6 is 0 Å². The quantitative estimate of drug-likeness (QED) is 0.704. The molecule has 30 heavy (non-hydrogen) atoms. The van der Waals surface area contributed by atoms with Gasteiger partial charge >= 0.3 is 6.36 Å². The van der Waals surface area contributed by atoms with Gasteiger partial charge in [-0.3, -0.25) is 4.79 Å². The van der Waals surface area contributed by atoms with Gasteiger partial charge in [0.2, 0.25) is 5.91 Å². The van der Waals surface area contributed by atoms with Crippen LogP contribution in [0.1, 0.15) is 5.56 Å². The third kappa shape index (κ3) is 4.51. The molecule has 2 aliphatic rings. The third-order valence-corrected chi connectivity index (χ3v) is 5.26. The van der Waals surface area contributed by atoms with Crippen molar-refractivity contribution in [2.45, 2.75) is 12.9 Å². The van der Waals surface area contributed by atoms with Gasteiger partial charge in [0.15, 0.2) is 0 Å². The second-order valence-corrected chi connectivity index (χ2v) is 7.75. The highest BCUT2D eigenvalue weighted by molar-refractivity contribution is 5.78. The minimum absolute atomic E-state index is 0.0970. The first kappa shape index (κ1) is 20.5. The lowest BCUT2D eigenvalue weighted by atomic mass is 9.79. The lowest BCUT2D eigenvalue weighted by Crippen LogP contribution is -2.62. The zero-order valence-electron chi connectivity index (χ0n) is 16.0. The fourth-order valence-electron chi connectivity index (χ4n) is 4.02. The number of alkyl halides is 3. The molecule has 2 aromatic rings. The van der Waals surface area contributed by atoms with E-state index in [4.69, 9.17) is 4.74 Å². The van der Waals surface area contributed by atoms with Gasteiger partial charge in [0.25, 0.3) is 0 Å². The van der Waals surface area contributed by atoms with E-state index in [9.17, 15) is 22.4 Å². The lowest BCUT2D eigenvalue weighted by molar-refractivity contribution is -0.274. The van der Waals surface area contributed by atoms with Crippen molar-refractivity contribution in [1.82, 2.24) is 4.90 Å². The highest BCUT2D eigenvalue weighted by Crippen LogP contribution is 2.38. The molecule has 160 valence electrons. The van der Waals surface area contributed by atoms with Crippen LogP contribution in [-0.2, 0) is 16.1 Å². The van der Waals surface area contributed by atoms with Crippen molar-refractivity contribution in [3.63, 3.8) is 0 Å². The van der Waals surface area contributed by atoms with E-state index in [-0.39, 0.29) is 36.0 Å². The van der Waals surface area contributed by atoms with E-state index in [0.29, 0.717) is 37.5 Å². The average molecular weight is 424 g/mol. The molecule has 2 aliphatic heterocycles. The number of benzene rings is 2. The minimum atomic E-state index is -4.78. The minimum Gasteiger partial charge on any atom is -0.406 e. The Hall–Kier alpha value is -2.81. The number of rotatable bonds is 4. The Morgan fingerprint density at radius 1 is 1.07 bits per heavy atom. The van der Waals surface area contributed by atoms with E-state index in [1.807, 2.05) is 4.90 Å². The first-order valence-corrected chi connectivity index (χ1v) is 9.43. The molecular formula is C21H20F4N2O3. The Bertz CT molecular complexity index is 928. The predicted octanol–water partition coefficient (Wildman–Crippen LogP) is 3.59. The molecule has 1 spiro atoms. The van der Waals surface area contributed by atoms with Crippen LogP contribution < -0.4 is 9.64 Å². The van der Waals surface area contributed by atoms with Gasteiger partial charge in [0.05, 0.1) is 12.3 Å². The van der Waals surface area contributed by atoms with Gasteiger partial charge in [0.1, 0.15) is 18.2 Å². The molecule has 9 heteroatoms. The summed E-state index contributed by atoms with van der Waals surface area (Å²) in [7, 11) is 0. The van der Waals surface area contributed by atoms with E-state index >= 15 is 0 Å². The monoisotopic (exact) mass is 424 g/mol. The van der Waals surface area contributed by atoms with Gasteiger partial charge in [-0.1, -0.05) is 24.3 Å². The summed E-state index contributed by atoms with van der Waals surface area (Å²) in [5.74, 6) is -0.878. The molecule has 4 rings (SSSR count). The number of amides is 1. The van der Waals surface area contributed by atoms with Gasteiger partial charge < -0.3 is 19.3 Å². The van der Waals surface area contributed by atoms with E-state index < -0.39 is 6.36 Å². The SMILES string of the molecule is O=C1COCC2(CN1Cc1cccc(OC(F)(F)F)c1)CN(c1ccccc1F)C2. The summed E-state index contributed by atoms with van der Waals surface area (Å²) < 4.78 is 61.0. The van der Waals surface area contributed by atoms with Crippen LogP contribution in [0.25, 0.3) is 0 Å². The number of anilines is 1. The first-order chi connectivity index (χ1) is 14.2. The molecule has 0 saturated carbocycles. The molecule has 0 unspecified atom stereocenters. The van der Waals surface area contributed by atoms with Crippen LogP contribution in [0.15, 0.2) is 48.5 Å². The molecule has 2 fully saturated rings. The van der Waals surface area contributed by atoms with Crippen LogP contribution in [-0.4, -0.2) is 50.0 Å². The average Bonchev–Trinajstić information content (AvgIpc) is 2.79. The number of hydrogen-bond donors (Lipinski definition) is 0. The highest BCUT2D eigenvalue weighted by Gasteiger charge is 2.47. The molecule has 0 aliphatic carbocycles. The maximum atomic E-state index is 14.0. The summed E-state index contributed by atoms with van der Waals surface area (Å²) in [5, 5.41) is 0. The number of carbonyl (C=O) groups is 1. The van der Waals surface area contributed by atoms with Gasteiger partial charge in [-0.25, -0.2) is 4.39 Å². The summed E-state index contributed by atoms with van der Waals surface area (Å²) in [4.78, 5) is 16.0. The summed E-state index contributed by atoms with van der Waals surface area (Å²) in [6, 6.07) is 12.1. The normalized spacial score (nSPS) is 18.9. The van der Waals surface area contributed by atoms with E-state index in [0.717, 1.165) is 0 Å². The summed E-state index contributed by atoms with van der Waals surface area (Å²) >= 11 is 0. The number of para-hydroxylation sites is 1. The Morgan fingerprint density at radius 2 is 1.83 bits per heavy atom. The zero-order valence-corrected chi connectivity index (χ0v) is 16.0.